The summed E-state index contributed by atoms with van der Waals surface area (Å²) in [5.74, 6) is -1.10. The van der Waals surface area contributed by atoms with E-state index in [-0.39, 0.29) is 23.7 Å². The number of rotatable bonds is 0. The lowest BCUT2D eigenvalue weighted by molar-refractivity contribution is 0.0557. The van der Waals surface area contributed by atoms with Gasteiger partial charge in [0.05, 0.1) is 5.56 Å². The van der Waals surface area contributed by atoms with Gasteiger partial charge < -0.3 is 20.1 Å². The van der Waals surface area contributed by atoms with E-state index in [1.54, 1.807) is 0 Å². The number of aliphatic hydroxyl groups excluding tert-OH is 1. The summed E-state index contributed by atoms with van der Waals surface area (Å²) in [7, 11) is 0. The van der Waals surface area contributed by atoms with E-state index < -0.39 is 17.6 Å². The van der Waals surface area contributed by atoms with Gasteiger partial charge >= 0.3 is 0 Å². The minimum atomic E-state index is -1.20. The number of benzene rings is 1. The van der Waals surface area contributed by atoms with Crippen LogP contribution in [-0.4, -0.2) is 33.8 Å². The maximum atomic E-state index is 11.4. The van der Waals surface area contributed by atoms with Crippen molar-refractivity contribution in [3.8, 4) is 17.2 Å². The minimum absolute atomic E-state index is 0.0825. The molecule has 0 aliphatic carbocycles. The molecule has 0 fully saturated rings. The van der Waals surface area contributed by atoms with E-state index in [9.17, 15) is 4.79 Å². The zero-order chi connectivity index (χ0) is 10.3. The number of fused-ring (bicyclic) bond motifs is 1. The zero-order valence-electron chi connectivity index (χ0n) is 7.10. The molecule has 0 radical (unpaired) electrons. The Morgan fingerprint density at radius 3 is 2.64 bits per heavy atom. The molecule has 0 bridgehead atoms. The van der Waals surface area contributed by atoms with Gasteiger partial charge in [0.1, 0.15) is 12.4 Å². The van der Waals surface area contributed by atoms with Crippen LogP contribution in [-0.2, 0) is 0 Å². The standard InChI is InChI=1S/C9H8O5/c10-5-1-4-8(2-6(5)11)14-3-7(12)9(4)13/h1-2,7,10-12H,3H2/t7-/m0/s1. The fraction of sp³-hybridized carbons (Fsp3) is 0.222. The van der Waals surface area contributed by atoms with Crippen molar-refractivity contribution in [2.45, 2.75) is 6.10 Å². The van der Waals surface area contributed by atoms with Crippen molar-refractivity contribution in [3.63, 3.8) is 0 Å². The summed E-state index contributed by atoms with van der Waals surface area (Å²) >= 11 is 0. The Hall–Kier alpha value is -1.75. The molecular formula is C9H8O5. The Bertz CT molecular complexity index is 398. The highest BCUT2D eigenvalue weighted by molar-refractivity contribution is 6.03. The summed E-state index contributed by atoms with van der Waals surface area (Å²) < 4.78 is 5.00. The number of carbonyl (C=O) groups is 1. The number of hydrogen-bond donors (Lipinski definition) is 3. The largest absolute Gasteiger partial charge is 0.504 e. The van der Waals surface area contributed by atoms with Gasteiger partial charge in [-0.3, -0.25) is 4.79 Å². The van der Waals surface area contributed by atoms with Crippen LogP contribution in [0.2, 0.25) is 0 Å². The van der Waals surface area contributed by atoms with Crippen LogP contribution < -0.4 is 4.74 Å². The molecule has 74 valence electrons. The Kier molecular flexibility index (Phi) is 1.82. The molecule has 5 nitrogen and oxygen atoms in total. The number of ketones is 1. The summed E-state index contributed by atoms with van der Waals surface area (Å²) in [4.78, 5) is 11.4. The molecule has 0 unspecified atom stereocenters. The van der Waals surface area contributed by atoms with Gasteiger partial charge in [0.15, 0.2) is 23.4 Å². The number of ether oxygens (including phenoxy) is 1. The number of aromatic hydroxyl groups is 2. The second-order valence-corrected chi connectivity index (χ2v) is 3.03. The quantitative estimate of drug-likeness (QED) is 0.510. The smallest absolute Gasteiger partial charge is 0.198 e. The molecule has 1 aliphatic heterocycles. The normalized spacial score (nSPS) is 20.1. The SMILES string of the molecule is O=C1c2cc(O)c(O)cc2OC[C@@H]1O. The van der Waals surface area contributed by atoms with Crippen molar-refractivity contribution < 1.29 is 24.9 Å². The molecular weight excluding hydrogens is 188 g/mol. The minimum Gasteiger partial charge on any atom is -0.504 e. The van der Waals surface area contributed by atoms with Gasteiger partial charge in [0.2, 0.25) is 0 Å². The van der Waals surface area contributed by atoms with Crippen molar-refractivity contribution >= 4 is 5.78 Å². The molecule has 0 spiro atoms. The number of carbonyl (C=O) groups excluding carboxylic acids is 1. The third-order valence-electron chi connectivity index (χ3n) is 2.04. The summed E-state index contributed by atoms with van der Waals surface area (Å²) in [6.07, 6.45) is -1.20. The lowest BCUT2D eigenvalue weighted by atomic mass is 10.0. The highest BCUT2D eigenvalue weighted by atomic mass is 16.5. The van der Waals surface area contributed by atoms with Crippen LogP contribution >= 0.6 is 0 Å². The van der Waals surface area contributed by atoms with Crippen molar-refractivity contribution in [2.75, 3.05) is 6.61 Å². The van der Waals surface area contributed by atoms with E-state index in [4.69, 9.17) is 20.1 Å². The first-order chi connectivity index (χ1) is 6.59. The van der Waals surface area contributed by atoms with Crippen LogP contribution in [0.25, 0.3) is 0 Å². The number of aliphatic hydroxyl groups is 1. The maximum Gasteiger partial charge on any atom is 0.198 e. The van der Waals surface area contributed by atoms with Crippen LogP contribution in [0.4, 0.5) is 0 Å². The monoisotopic (exact) mass is 196 g/mol. The average Bonchev–Trinajstić information content (AvgIpc) is 2.15. The predicted molar refractivity (Wildman–Crippen MR) is 45.6 cm³/mol. The first-order valence-corrected chi connectivity index (χ1v) is 4.00. The van der Waals surface area contributed by atoms with Crippen LogP contribution in [0.15, 0.2) is 12.1 Å². The summed E-state index contributed by atoms with van der Waals surface area (Å²) in [6.45, 7) is -0.129. The molecule has 1 aromatic rings. The summed E-state index contributed by atoms with van der Waals surface area (Å²) in [5, 5.41) is 27.4. The Balaban J connectivity index is 2.56. The van der Waals surface area contributed by atoms with E-state index >= 15 is 0 Å². The molecule has 1 atom stereocenters. The molecule has 3 N–H and O–H groups in total. The van der Waals surface area contributed by atoms with E-state index in [0.29, 0.717) is 0 Å². The third kappa shape index (κ3) is 1.18. The van der Waals surface area contributed by atoms with Gasteiger partial charge in [0, 0.05) is 6.07 Å². The topological polar surface area (TPSA) is 87.0 Å². The molecule has 0 aromatic heterocycles. The lowest BCUT2D eigenvalue weighted by Gasteiger charge is -2.20. The second-order valence-electron chi connectivity index (χ2n) is 3.03. The van der Waals surface area contributed by atoms with Gasteiger partial charge in [-0.2, -0.15) is 0 Å². The fourth-order valence-electron chi connectivity index (χ4n) is 1.29. The van der Waals surface area contributed by atoms with Crippen LogP contribution in [0.5, 0.6) is 17.2 Å². The van der Waals surface area contributed by atoms with E-state index in [2.05, 4.69) is 0 Å². The third-order valence-corrected chi connectivity index (χ3v) is 2.04. The number of Topliss-reactive ketones (excluding diaryl/α,β-unsaturated/α-hetero) is 1. The van der Waals surface area contributed by atoms with E-state index in [1.807, 2.05) is 0 Å². The number of hydrogen-bond acceptors (Lipinski definition) is 5. The van der Waals surface area contributed by atoms with Crippen molar-refractivity contribution in [1.29, 1.82) is 0 Å². The number of phenolic OH excluding ortho intramolecular Hbond substituents is 2. The molecule has 14 heavy (non-hydrogen) atoms. The molecule has 1 aliphatic rings. The molecule has 1 aromatic carbocycles. The van der Waals surface area contributed by atoms with E-state index in [1.165, 1.54) is 0 Å². The first kappa shape index (κ1) is 8.83. The Labute approximate surface area is 79.2 Å². The Morgan fingerprint density at radius 2 is 1.93 bits per heavy atom. The number of phenols is 2. The first-order valence-electron chi connectivity index (χ1n) is 4.00. The van der Waals surface area contributed by atoms with Crippen LogP contribution in [0.1, 0.15) is 10.4 Å². The summed E-state index contributed by atoms with van der Waals surface area (Å²) in [6, 6.07) is 2.23. The second kappa shape index (κ2) is 2.88. The van der Waals surface area contributed by atoms with Crippen molar-refractivity contribution in [3.05, 3.63) is 17.7 Å². The predicted octanol–water partition coefficient (Wildman–Crippen LogP) is 0.0338. The highest BCUT2D eigenvalue weighted by Gasteiger charge is 2.28. The molecule has 1 heterocycles. The molecule has 2 rings (SSSR count). The zero-order valence-corrected chi connectivity index (χ0v) is 7.10. The van der Waals surface area contributed by atoms with Crippen molar-refractivity contribution in [2.24, 2.45) is 0 Å². The maximum absolute atomic E-state index is 11.4. The van der Waals surface area contributed by atoms with Gasteiger partial charge in [0.25, 0.3) is 0 Å². The molecule has 0 saturated carbocycles. The van der Waals surface area contributed by atoms with E-state index in [0.717, 1.165) is 12.1 Å². The molecule has 5 heteroatoms. The van der Waals surface area contributed by atoms with Crippen LogP contribution in [0, 0.1) is 0 Å². The lowest BCUT2D eigenvalue weighted by Crippen LogP contribution is -2.32. The average molecular weight is 196 g/mol. The molecule has 0 amide bonds. The van der Waals surface area contributed by atoms with Gasteiger partial charge in [-0.05, 0) is 6.07 Å². The molecule has 0 saturated heterocycles. The van der Waals surface area contributed by atoms with Crippen LogP contribution in [0.3, 0.4) is 0 Å². The van der Waals surface area contributed by atoms with Gasteiger partial charge in [-0.15, -0.1) is 0 Å². The summed E-state index contributed by atoms with van der Waals surface area (Å²) in [5.41, 5.74) is 0.0825. The van der Waals surface area contributed by atoms with Crippen molar-refractivity contribution in [1.82, 2.24) is 0 Å². The fourth-order valence-corrected chi connectivity index (χ4v) is 1.29. The van der Waals surface area contributed by atoms with Gasteiger partial charge in [-0.1, -0.05) is 0 Å². The van der Waals surface area contributed by atoms with Gasteiger partial charge in [-0.25, -0.2) is 0 Å². The Morgan fingerprint density at radius 1 is 1.29 bits per heavy atom. The highest BCUT2D eigenvalue weighted by Crippen LogP contribution is 2.35.